The molecule has 1 heterocycles. The van der Waals surface area contributed by atoms with Gasteiger partial charge in [-0.1, -0.05) is 13.0 Å². The van der Waals surface area contributed by atoms with Crippen LogP contribution in [0.2, 0.25) is 0 Å². The van der Waals surface area contributed by atoms with Crippen LogP contribution in [0, 0.1) is 17.0 Å². The second-order valence-corrected chi connectivity index (χ2v) is 7.29. The predicted molar refractivity (Wildman–Crippen MR) is 83.3 cm³/mol. The van der Waals surface area contributed by atoms with E-state index in [4.69, 9.17) is 0 Å². The van der Waals surface area contributed by atoms with Gasteiger partial charge in [-0.3, -0.25) is 10.1 Å². The number of aryl methyl sites for hydroxylation is 1. The lowest BCUT2D eigenvalue weighted by Crippen LogP contribution is -2.14. The smallest absolute Gasteiger partial charge is 0.285 e. The highest BCUT2D eigenvalue weighted by atomic mass is 32.2. The van der Waals surface area contributed by atoms with Crippen LogP contribution in [0.1, 0.15) is 17.5 Å². The van der Waals surface area contributed by atoms with Crippen LogP contribution in [0.3, 0.4) is 0 Å². The molecule has 118 valence electrons. The molecule has 2 rings (SSSR count). The summed E-state index contributed by atoms with van der Waals surface area (Å²) in [6.45, 7) is 3.88. The highest BCUT2D eigenvalue weighted by Gasteiger charge is 2.17. The normalized spacial score (nSPS) is 12.6. The second-order valence-electron chi connectivity index (χ2n) is 4.63. The number of hydrogen-bond acceptors (Lipinski definition) is 5. The van der Waals surface area contributed by atoms with Gasteiger partial charge >= 0.3 is 0 Å². The molecule has 0 aliphatic rings. The molecule has 0 unspecified atom stereocenters. The molecular weight excluding hydrogens is 326 g/mol. The molecule has 0 aliphatic heterocycles. The third-order valence-electron chi connectivity index (χ3n) is 3.25. The first-order valence-corrected chi connectivity index (χ1v) is 8.72. The molecule has 0 spiro atoms. The van der Waals surface area contributed by atoms with Gasteiger partial charge in [-0.15, -0.1) is 15.7 Å². The van der Waals surface area contributed by atoms with E-state index in [9.17, 15) is 18.5 Å². The van der Waals surface area contributed by atoms with Gasteiger partial charge < -0.3 is 4.57 Å². The van der Waals surface area contributed by atoms with Crippen molar-refractivity contribution in [1.29, 1.82) is 0 Å². The molecule has 0 atom stereocenters. The fourth-order valence-corrected chi connectivity index (χ4v) is 4.22. The summed E-state index contributed by atoms with van der Waals surface area (Å²) >= 11 is 1.30. The number of sulfonamides is 1. The molecule has 0 aliphatic carbocycles. The molecule has 0 amide bonds. The van der Waals surface area contributed by atoms with Gasteiger partial charge in [-0.05, 0) is 19.4 Å². The van der Waals surface area contributed by atoms with Gasteiger partial charge in [0, 0.05) is 29.8 Å². The molecule has 7 nitrogen and oxygen atoms in total. The molecule has 0 saturated heterocycles. The minimum atomic E-state index is -3.99. The van der Waals surface area contributed by atoms with Gasteiger partial charge in [-0.25, -0.2) is 0 Å². The van der Waals surface area contributed by atoms with Gasteiger partial charge in [0.2, 0.25) is 4.80 Å². The van der Waals surface area contributed by atoms with Gasteiger partial charge in [0.05, 0.1) is 9.82 Å². The van der Waals surface area contributed by atoms with Gasteiger partial charge in [-0.2, -0.15) is 8.42 Å². The third kappa shape index (κ3) is 3.09. The van der Waals surface area contributed by atoms with Crippen molar-refractivity contribution in [3.8, 4) is 0 Å². The van der Waals surface area contributed by atoms with Crippen LogP contribution >= 0.6 is 11.3 Å². The maximum Gasteiger partial charge on any atom is 0.285 e. The average molecular weight is 341 g/mol. The molecule has 0 saturated carbocycles. The summed E-state index contributed by atoms with van der Waals surface area (Å²) in [5, 5.41) is 10.8. The summed E-state index contributed by atoms with van der Waals surface area (Å²) in [6, 6.07) is 4.88. The van der Waals surface area contributed by atoms with Crippen LogP contribution in [-0.4, -0.2) is 17.9 Å². The number of nitro benzene ring substituents is 1. The Kier molecular flexibility index (Phi) is 4.47. The second kappa shape index (κ2) is 6.01. The zero-order valence-electron chi connectivity index (χ0n) is 12.3. The van der Waals surface area contributed by atoms with Crippen molar-refractivity contribution in [3.63, 3.8) is 0 Å². The first-order chi connectivity index (χ1) is 10.3. The topological polar surface area (TPSA) is 94.6 Å². The largest absolute Gasteiger partial charge is 0.323 e. The minimum Gasteiger partial charge on any atom is -0.323 e. The summed E-state index contributed by atoms with van der Waals surface area (Å²) in [5.41, 5.74) is 0.678. The zero-order valence-corrected chi connectivity index (χ0v) is 13.9. The molecule has 0 N–H and O–H groups in total. The van der Waals surface area contributed by atoms with Crippen LogP contribution in [-0.2, 0) is 23.5 Å². The summed E-state index contributed by atoms with van der Waals surface area (Å²) in [4.78, 5) is 11.3. The fourth-order valence-electron chi connectivity index (χ4n) is 1.90. The van der Waals surface area contributed by atoms with Crippen molar-refractivity contribution in [2.75, 3.05) is 0 Å². The number of rotatable bonds is 4. The monoisotopic (exact) mass is 341 g/mol. The Bertz CT molecular complexity index is 894. The van der Waals surface area contributed by atoms with E-state index in [1.165, 1.54) is 29.5 Å². The summed E-state index contributed by atoms with van der Waals surface area (Å²) < 4.78 is 30.2. The van der Waals surface area contributed by atoms with Crippen LogP contribution in [0.15, 0.2) is 33.6 Å². The molecule has 0 fully saturated rings. The van der Waals surface area contributed by atoms with E-state index >= 15 is 0 Å². The van der Waals surface area contributed by atoms with Crippen LogP contribution in [0.5, 0.6) is 0 Å². The molecule has 0 bridgehead atoms. The zero-order chi connectivity index (χ0) is 16.5. The Hall–Kier alpha value is -2.00. The SMILES string of the molecule is CCc1s/c(=N/S(=O)(=O)c2cccc([N+](=O)[O-])c2)n(C)c1C. The number of nitro groups is 1. The Balaban J connectivity index is 2.59. The first kappa shape index (κ1) is 16.4. The number of thiazole rings is 1. The van der Waals surface area contributed by atoms with Gasteiger partial charge in [0.15, 0.2) is 0 Å². The van der Waals surface area contributed by atoms with Crippen molar-refractivity contribution in [1.82, 2.24) is 4.57 Å². The molecule has 1 aromatic carbocycles. The van der Waals surface area contributed by atoms with Gasteiger partial charge in [0.1, 0.15) is 0 Å². The number of nitrogens with zero attached hydrogens (tertiary/aromatic N) is 3. The van der Waals surface area contributed by atoms with Crippen LogP contribution in [0.4, 0.5) is 5.69 Å². The number of benzene rings is 1. The van der Waals surface area contributed by atoms with E-state index in [1.54, 1.807) is 11.6 Å². The molecular formula is C13H15N3O4S2. The van der Waals surface area contributed by atoms with E-state index in [2.05, 4.69) is 4.40 Å². The Morgan fingerprint density at radius 1 is 1.41 bits per heavy atom. The summed E-state index contributed by atoms with van der Waals surface area (Å²) in [7, 11) is -2.25. The van der Waals surface area contributed by atoms with E-state index in [1.807, 2.05) is 13.8 Å². The Morgan fingerprint density at radius 3 is 2.64 bits per heavy atom. The number of aromatic nitrogens is 1. The van der Waals surface area contributed by atoms with E-state index in [0.717, 1.165) is 23.1 Å². The lowest BCUT2D eigenvalue weighted by Gasteiger charge is -1.99. The van der Waals surface area contributed by atoms with Crippen molar-refractivity contribution >= 4 is 27.0 Å². The van der Waals surface area contributed by atoms with Crippen molar-refractivity contribution in [2.45, 2.75) is 25.2 Å². The van der Waals surface area contributed by atoms with Crippen LogP contribution in [0.25, 0.3) is 0 Å². The predicted octanol–water partition coefficient (Wildman–Crippen LogP) is 2.16. The number of non-ortho nitro benzene ring substituents is 1. The maximum absolute atomic E-state index is 12.3. The standard InChI is InChI=1S/C13H15N3O4S2/c1-4-12-9(2)15(3)13(21-12)14-22(19,20)11-7-5-6-10(8-11)16(17)18/h5-8H,4H2,1-3H3/b14-13+. The minimum absolute atomic E-state index is 0.189. The summed E-state index contributed by atoms with van der Waals surface area (Å²) in [5.74, 6) is 0. The molecule has 1 aromatic heterocycles. The Labute approximate surface area is 131 Å². The van der Waals surface area contributed by atoms with E-state index < -0.39 is 14.9 Å². The van der Waals surface area contributed by atoms with Crippen LogP contribution < -0.4 is 4.80 Å². The van der Waals surface area contributed by atoms with Gasteiger partial charge in [0.25, 0.3) is 15.7 Å². The van der Waals surface area contributed by atoms with E-state index in [0.29, 0.717) is 4.80 Å². The van der Waals surface area contributed by atoms with Crippen molar-refractivity contribution < 1.29 is 13.3 Å². The first-order valence-electron chi connectivity index (χ1n) is 6.47. The molecule has 2 aromatic rings. The number of hydrogen-bond donors (Lipinski definition) is 0. The highest BCUT2D eigenvalue weighted by molar-refractivity contribution is 7.90. The van der Waals surface area contributed by atoms with Crippen molar-refractivity contribution in [2.24, 2.45) is 11.4 Å². The molecule has 0 radical (unpaired) electrons. The quantitative estimate of drug-likeness (QED) is 0.629. The third-order valence-corrected chi connectivity index (χ3v) is 6.01. The lowest BCUT2D eigenvalue weighted by atomic mass is 10.3. The maximum atomic E-state index is 12.3. The van der Waals surface area contributed by atoms with E-state index in [-0.39, 0.29) is 10.6 Å². The summed E-state index contributed by atoms with van der Waals surface area (Å²) in [6.07, 6.45) is 0.788. The fraction of sp³-hybridized carbons (Fsp3) is 0.308. The molecule has 9 heteroatoms. The molecule has 22 heavy (non-hydrogen) atoms. The average Bonchev–Trinajstić information content (AvgIpc) is 2.74. The highest BCUT2D eigenvalue weighted by Crippen LogP contribution is 2.19. The van der Waals surface area contributed by atoms with Crippen molar-refractivity contribution in [3.05, 3.63) is 49.8 Å². The Morgan fingerprint density at radius 2 is 2.09 bits per heavy atom. The lowest BCUT2D eigenvalue weighted by molar-refractivity contribution is -0.385.